The van der Waals surface area contributed by atoms with E-state index in [4.69, 9.17) is 9.47 Å². The van der Waals surface area contributed by atoms with Crippen LogP contribution >= 0.6 is 0 Å². The average Bonchev–Trinajstić information content (AvgIpc) is 2.46. The van der Waals surface area contributed by atoms with Gasteiger partial charge in [-0.25, -0.2) is 0 Å². The third kappa shape index (κ3) is 5.24. The first-order chi connectivity index (χ1) is 7.73. The fourth-order valence-corrected chi connectivity index (χ4v) is 2.44. The van der Waals surface area contributed by atoms with Gasteiger partial charge in [0.2, 0.25) is 0 Å². The van der Waals surface area contributed by atoms with Crippen LogP contribution in [-0.2, 0) is 9.47 Å². The predicted molar refractivity (Wildman–Crippen MR) is 74.5 cm³/mol. The van der Waals surface area contributed by atoms with Crippen molar-refractivity contribution in [2.75, 3.05) is 0 Å². The first-order valence-corrected chi connectivity index (χ1v) is 10.1. The summed E-state index contributed by atoms with van der Waals surface area (Å²) >= 11 is 0. The maximum absolute atomic E-state index is 5.92. The molecule has 1 fully saturated rings. The molecule has 1 aliphatic heterocycles. The molecular formula is C14H26O2Si. The molecule has 17 heavy (non-hydrogen) atoms. The van der Waals surface area contributed by atoms with Crippen molar-refractivity contribution in [1.29, 1.82) is 0 Å². The molecule has 0 N–H and O–H groups in total. The lowest BCUT2D eigenvalue weighted by atomic mass is 10.1. The van der Waals surface area contributed by atoms with E-state index in [0.29, 0.717) is 0 Å². The highest BCUT2D eigenvalue weighted by Gasteiger charge is 2.39. The second kappa shape index (κ2) is 5.56. The molecule has 0 saturated carbocycles. The lowest BCUT2D eigenvalue weighted by molar-refractivity contribution is -0.143. The molecule has 3 heteroatoms. The van der Waals surface area contributed by atoms with Gasteiger partial charge in [-0.1, -0.05) is 45.3 Å². The van der Waals surface area contributed by atoms with Gasteiger partial charge in [-0.05, 0) is 20.3 Å². The highest BCUT2D eigenvalue weighted by molar-refractivity contribution is 6.83. The van der Waals surface area contributed by atoms with Crippen LogP contribution in [0, 0.1) is 11.5 Å². The normalized spacial score (nSPS) is 27.6. The van der Waals surface area contributed by atoms with Gasteiger partial charge in [0.15, 0.2) is 5.79 Å². The molecule has 0 aromatic rings. The Morgan fingerprint density at radius 2 is 1.82 bits per heavy atom. The number of unbranched alkanes of at least 4 members (excludes halogenated alkanes) is 1. The third-order valence-corrected chi connectivity index (χ3v) is 3.51. The third-order valence-electron chi connectivity index (χ3n) is 2.62. The maximum atomic E-state index is 5.92. The van der Waals surface area contributed by atoms with Crippen LogP contribution in [0.5, 0.6) is 0 Å². The Labute approximate surface area is 107 Å². The van der Waals surface area contributed by atoms with Crippen LogP contribution in [0.2, 0.25) is 19.6 Å². The van der Waals surface area contributed by atoms with Crippen molar-refractivity contribution in [2.24, 2.45) is 0 Å². The van der Waals surface area contributed by atoms with E-state index in [1.165, 1.54) is 12.8 Å². The molecule has 1 aliphatic rings. The number of ether oxygens (including phenoxy) is 2. The lowest BCUT2D eigenvalue weighted by Gasteiger charge is -2.16. The topological polar surface area (TPSA) is 18.5 Å². The van der Waals surface area contributed by atoms with Crippen LogP contribution in [0.15, 0.2) is 0 Å². The summed E-state index contributed by atoms with van der Waals surface area (Å²) in [6.45, 7) is 12.9. The quantitative estimate of drug-likeness (QED) is 0.566. The Balaban J connectivity index is 2.69. The fourth-order valence-electron chi connectivity index (χ4n) is 1.86. The van der Waals surface area contributed by atoms with Crippen molar-refractivity contribution in [1.82, 2.24) is 0 Å². The van der Waals surface area contributed by atoms with E-state index in [2.05, 4.69) is 38.0 Å². The van der Waals surface area contributed by atoms with Crippen molar-refractivity contribution < 1.29 is 9.47 Å². The SMILES string of the molecule is CCCCC1OC(C)(C)OC1C#C[Si](C)(C)C. The van der Waals surface area contributed by atoms with Gasteiger partial charge in [-0.3, -0.25) is 0 Å². The standard InChI is InChI=1S/C14H26O2Si/c1-7-8-9-12-13(10-11-17(4,5)6)16-14(2,3)15-12/h12-13H,7-9H2,1-6H3. The van der Waals surface area contributed by atoms with Gasteiger partial charge in [-0.2, -0.15) is 0 Å². The fraction of sp³-hybridized carbons (Fsp3) is 0.857. The summed E-state index contributed by atoms with van der Waals surface area (Å²) in [5.41, 5.74) is 3.39. The molecule has 0 amide bonds. The van der Waals surface area contributed by atoms with E-state index >= 15 is 0 Å². The van der Waals surface area contributed by atoms with Gasteiger partial charge in [0.25, 0.3) is 0 Å². The maximum Gasteiger partial charge on any atom is 0.165 e. The van der Waals surface area contributed by atoms with Crippen LogP contribution in [0.3, 0.4) is 0 Å². The number of hydrogen-bond acceptors (Lipinski definition) is 2. The van der Waals surface area contributed by atoms with E-state index in [9.17, 15) is 0 Å². The van der Waals surface area contributed by atoms with E-state index in [1.54, 1.807) is 0 Å². The van der Waals surface area contributed by atoms with Gasteiger partial charge in [0, 0.05) is 0 Å². The second-order valence-corrected chi connectivity index (χ2v) is 11.0. The lowest BCUT2D eigenvalue weighted by Crippen LogP contribution is -2.23. The number of rotatable bonds is 3. The molecular weight excluding hydrogens is 228 g/mol. The minimum Gasteiger partial charge on any atom is -0.343 e. The van der Waals surface area contributed by atoms with Gasteiger partial charge in [-0.15, -0.1) is 5.54 Å². The van der Waals surface area contributed by atoms with E-state index in [0.717, 1.165) is 6.42 Å². The minimum absolute atomic E-state index is 0.0386. The zero-order chi connectivity index (χ0) is 13.1. The van der Waals surface area contributed by atoms with E-state index in [-0.39, 0.29) is 12.2 Å². The highest BCUT2D eigenvalue weighted by Crippen LogP contribution is 2.30. The Morgan fingerprint density at radius 3 is 2.35 bits per heavy atom. The zero-order valence-corrected chi connectivity index (χ0v) is 13.1. The van der Waals surface area contributed by atoms with Crippen molar-refractivity contribution in [2.45, 2.75) is 77.7 Å². The molecule has 2 nitrogen and oxygen atoms in total. The first kappa shape index (κ1) is 14.8. The summed E-state index contributed by atoms with van der Waals surface area (Å²) in [4.78, 5) is 0. The van der Waals surface area contributed by atoms with E-state index < -0.39 is 13.9 Å². The summed E-state index contributed by atoms with van der Waals surface area (Å²) in [6, 6.07) is 0. The summed E-state index contributed by atoms with van der Waals surface area (Å²) < 4.78 is 11.8. The zero-order valence-electron chi connectivity index (χ0n) is 12.1. The van der Waals surface area contributed by atoms with Crippen LogP contribution < -0.4 is 0 Å². The van der Waals surface area contributed by atoms with Gasteiger partial charge < -0.3 is 9.47 Å². The molecule has 0 radical (unpaired) electrons. The molecule has 1 rings (SSSR count). The van der Waals surface area contributed by atoms with Crippen molar-refractivity contribution in [3.8, 4) is 11.5 Å². The molecule has 2 unspecified atom stereocenters. The highest BCUT2D eigenvalue weighted by atomic mass is 28.3. The largest absolute Gasteiger partial charge is 0.343 e. The van der Waals surface area contributed by atoms with E-state index in [1.807, 2.05) is 13.8 Å². The van der Waals surface area contributed by atoms with Crippen LogP contribution in [0.25, 0.3) is 0 Å². The smallest absolute Gasteiger partial charge is 0.165 e. The summed E-state index contributed by atoms with van der Waals surface area (Å²) in [5.74, 6) is 2.83. The average molecular weight is 254 g/mol. The molecule has 2 atom stereocenters. The van der Waals surface area contributed by atoms with Crippen LogP contribution in [-0.4, -0.2) is 26.1 Å². The predicted octanol–water partition coefficient (Wildman–Crippen LogP) is 3.58. The Bertz CT molecular complexity index is 306. The summed E-state index contributed by atoms with van der Waals surface area (Å²) in [7, 11) is -1.33. The molecule has 98 valence electrons. The summed E-state index contributed by atoms with van der Waals surface area (Å²) in [6.07, 6.45) is 3.52. The van der Waals surface area contributed by atoms with Crippen LogP contribution in [0.4, 0.5) is 0 Å². The first-order valence-electron chi connectivity index (χ1n) is 6.62. The molecule has 0 aromatic heterocycles. The molecule has 1 saturated heterocycles. The Kier molecular flexibility index (Phi) is 4.83. The minimum atomic E-state index is -1.33. The number of hydrogen-bond donors (Lipinski definition) is 0. The van der Waals surface area contributed by atoms with Gasteiger partial charge in [0.05, 0.1) is 6.10 Å². The molecule has 1 heterocycles. The van der Waals surface area contributed by atoms with Gasteiger partial charge >= 0.3 is 0 Å². The Morgan fingerprint density at radius 1 is 1.18 bits per heavy atom. The molecule has 0 aliphatic carbocycles. The van der Waals surface area contributed by atoms with Gasteiger partial charge in [0.1, 0.15) is 14.2 Å². The Hall–Kier alpha value is -0.303. The van der Waals surface area contributed by atoms with Crippen molar-refractivity contribution in [3.05, 3.63) is 0 Å². The molecule has 0 aromatic carbocycles. The van der Waals surface area contributed by atoms with Crippen molar-refractivity contribution in [3.63, 3.8) is 0 Å². The summed E-state index contributed by atoms with van der Waals surface area (Å²) in [5, 5.41) is 0. The van der Waals surface area contributed by atoms with Crippen molar-refractivity contribution >= 4 is 8.07 Å². The molecule has 0 spiro atoms. The second-order valence-electron chi connectivity index (χ2n) is 6.26. The van der Waals surface area contributed by atoms with Crippen LogP contribution in [0.1, 0.15) is 40.0 Å². The monoisotopic (exact) mass is 254 g/mol. The molecule has 0 bridgehead atoms.